The van der Waals surface area contributed by atoms with Crippen LogP contribution >= 0.6 is 0 Å². The van der Waals surface area contributed by atoms with Crippen LogP contribution in [0, 0.1) is 13.8 Å². The largest absolute Gasteiger partial charge is 0.507 e. The Hall–Kier alpha value is -3.06. The van der Waals surface area contributed by atoms with E-state index in [0.29, 0.717) is 19.4 Å². The van der Waals surface area contributed by atoms with Gasteiger partial charge in [0.05, 0.1) is 6.61 Å². The third-order valence-corrected chi connectivity index (χ3v) is 7.28. The number of hydrogen-bond donors (Lipinski definition) is 2. The summed E-state index contributed by atoms with van der Waals surface area (Å²) in [6.45, 7) is 16.9. The van der Waals surface area contributed by atoms with Crippen LogP contribution in [0.1, 0.15) is 120 Å². The molecule has 2 N–H and O–H groups in total. The molecule has 0 aliphatic carbocycles. The molecule has 7 nitrogen and oxygen atoms in total. The summed E-state index contributed by atoms with van der Waals surface area (Å²) >= 11 is 0. The molecule has 0 radical (unpaired) electrons. The van der Waals surface area contributed by atoms with Gasteiger partial charge in [0.2, 0.25) is 0 Å². The SMILES string of the molecule is CCCCCCOC(OC(=O)CCc1cc(C)c(O)c(C(C)(C)C)c1)OC(=O)CCc1cc(C)c(O)c(C(C)(C)C)c1. The first-order valence-corrected chi connectivity index (χ1v) is 15.2. The molecule has 0 saturated heterocycles. The second kappa shape index (κ2) is 15.4. The van der Waals surface area contributed by atoms with Crippen molar-refractivity contribution in [2.75, 3.05) is 6.61 Å². The average Bonchev–Trinajstić information content (AvgIpc) is 2.88. The van der Waals surface area contributed by atoms with Crippen LogP contribution in [0.25, 0.3) is 0 Å². The Labute approximate surface area is 252 Å². The molecule has 2 aromatic rings. The molecule has 0 spiro atoms. The highest BCUT2D eigenvalue weighted by molar-refractivity contribution is 5.71. The van der Waals surface area contributed by atoms with Crippen LogP contribution < -0.4 is 0 Å². The number of hydrogen-bond acceptors (Lipinski definition) is 7. The van der Waals surface area contributed by atoms with E-state index >= 15 is 0 Å². The number of ether oxygens (including phenoxy) is 3. The summed E-state index contributed by atoms with van der Waals surface area (Å²) in [6.07, 6.45) is 4.86. The maximum atomic E-state index is 12.8. The van der Waals surface area contributed by atoms with Crippen LogP contribution in [0.3, 0.4) is 0 Å². The molecule has 0 aliphatic rings. The summed E-state index contributed by atoms with van der Waals surface area (Å²) in [5, 5.41) is 21.0. The van der Waals surface area contributed by atoms with Crippen LogP contribution in [0.15, 0.2) is 24.3 Å². The third kappa shape index (κ3) is 11.0. The predicted molar refractivity (Wildman–Crippen MR) is 166 cm³/mol. The molecule has 0 fully saturated rings. The van der Waals surface area contributed by atoms with Gasteiger partial charge < -0.3 is 24.4 Å². The minimum Gasteiger partial charge on any atom is -0.507 e. The number of carbonyl (C=O) groups is 2. The minimum absolute atomic E-state index is 0.0728. The first-order valence-electron chi connectivity index (χ1n) is 15.2. The molecular weight excluding hydrogens is 532 g/mol. The maximum Gasteiger partial charge on any atom is 0.365 e. The second-order valence-corrected chi connectivity index (χ2v) is 13.3. The second-order valence-electron chi connectivity index (χ2n) is 13.3. The van der Waals surface area contributed by atoms with Gasteiger partial charge in [-0.05, 0) is 77.3 Å². The number of phenolic OH excluding ortho intramolecular Hbond substituents is 2. The lowest BCUT2D eigenvalue weighted by Crippen LogP contribution is -2.28. The maximum absolute atomic E-state index is 12.8. The minimum atomic E-state index is -1.41. The predicted octanol–water partition coefficient (Wildman–Crippen LogP) is 7.84. The van der Waals surface area contributed by atoms with E-state index < -0.39 is 18.4 Å². The molecule has 0 unspecified atom stereocenters. The number of aryl methyl sites for hydroxylation is 4. The fraction of sp³-hybridized carbons (Fsp3) is 0.600. The lowest BCUT2D eigenvalue weighted by atomic mass is 9.83. The van der Waals surface area contributed by atoms with Crippen molar-refractivity contribution in [1.82, 2.24) is 0 Å². The monoisotopic (exact) mass is 584 g/mol. The van der Waals surface area contributed by atoms with Crippen molar-refractivity contribution in [2.24, 2.45) is 0 Å². The summed E-state index contributed by atoms with van der Waals surface area (Å²) in [6, 6.07) is 7.59. The van der Waals surface area contributed by atoms with Crippen molar-refractivity contribution in [2.45, 2.75) is 131 Å². The smallest absolute Gasteiger partial charge is 0.365 e. The van der Waals surface area contributed by atoms with Crippen molar-refractivity contribution >= 4 is 11.9 Å². The van der Waals surface area contributed by atoms with E-state index in [2.05, 4.69) is 6.92 Å². The van der Waals surface area contributed by atoms with Gasteiger partial charge in [0.15, 0.2) is 0 Å². The number of aromatic hydroxyl groups is 2. The lowest BCUT2D eigenvalue weighted by molar-refractivity contribution is -0.266. The molecular formula is C35H52O7. The van der Waals surface area contributed by atoms with Gasteiger partial charge in [0.25, 0.3) is 0 Å². The quantitative estimate of drug-likeness (QED) is 0.132. The molecule has 2 aromatic carbocycles. The van der Waals surface area contributed by atoms with Crippen molar-refractivity contribution in [3.63, 3.8) is 0 Å². The number of phenols is 2. The number of carbonyl (C=O) groups excluding carboxylic acids is 2. The van der Waals surface area contributed by atoms with Gasteiger partial charge in [-0.15, -0.1) is 0 Å². The fourth-order valence-corrected chi connectivity index (χ4v) is 4.77. The zero-order chi connectivity index (χ0) is 31.7. The highest BCUT2D eigenvalue weighted by atomic mass is 16.9. The van der Waals surface area contributed by atoms with Crippen LogP contribution in [0.2, 0.25) is 0 Å². The molecule has 0 bridgehead atoms. The van der Waals surface area contributed by atoms with Crippen molar-refractivity contribution in [3.05, 3.63) is 57.6 Å². The average molecular weight is 585 g/mol. The van der Waals surface area contributed by atoms with Gasteiger partial charge in [-0.25, -0.2) is 0 Å². The Bertz CT molecular complexity index is 1110. The Morgan fingerprint density at radius 1 is 0.714 bits per heavy atom. The first-order chi connectivity index (χ1) is 19.5. The van der Waals surface area contributed by atoms with Gasteiger partial charge in [-0.1, -0.05) is 92.0 Å². The standard InChI is InChI=1S/C35H52O7/c1-10-11-12-13-18-40-33(41-29(36)16-14-25-19-23(2)31(38)27(21-25)34(4,5)6)42-30(37)17-15-26-20-24(3)32(39)28(22-26)35(7,8)9/h19-22,33,38-39H,10-18H2,1-9H3. The number of esters is 2. The summed E-state index contributed by atoms with van der Waals surface area (Å²) in [5.74, 6) is -0.523. The molecule has 0 amide bonds. The normalized spacial score (nSPS) is 12.0. The highest BCUT2D eigenvalue weighted by Gasteiger charge is 2.24. The van der Waals surface area contributed by atoms with E-state index in [9.17, 15) is 19.8 Å². The van der Waals surface area contributed by atoms with Gasteiger partial charge in [0, 0.05) is 12.8 Å². The summed E-state index contributed by atoms with van der Waals surface area (Å²) in [4.78, 5) is 25.6. The zero-order valence-corrected chi connectivity index (χ0v) is 27.2. The summed E-state index contributed by atoms with van der Waals surface area (Å²) < 4.78 is 16.6. The zero-order valence-electron chi connectivity index (χ0n) is 27.2. The van der Waals surface area contributed by atoms with E-state index in [1.54, 1.807) is 0 Å². The molecule has 0 saturated carbocycles. The Morgan fingerprint density at radius 2 is 1.14 bits per heavy atom. The van der Waals surface area contributed by atoms with Crippen LogP contribution in [0.5, 0.6) is 11.5 Å². The van der Waals surface area contributed by atoms with E-state index in [-0.39, 0.29) is 35.2 Å². The number of unbranched alkanes of at least 4 members (excludes halogenated alkanes) is 3. The molecule has 0 atom stereocenters. The van der Waals surface area contributed by atoms with Crippen molar-refractivity contribution in [1.29, 1.82) is 0 Å². The summed E-state index contributed by atoms with van der Waals surface area (Å²) in [5.41, 5.74) is 4.50. The van der Waals surface area contributed by atoms with E-state index in [4.69, 9.17) is 14.2 Å². The van der Waals surface area contributed by atoms with Gasteiger partial charge in [-0.2, -0.15) is 0 Å². The lowest BCUT2D eigenvalue weighted by Gasteiger charge is -2.23. The van der Waals surface area contributed by atoms with Crippen LogP contribution in [-0.2, 0) is 47.5 Å². The number of benzene rings is 2. The third-order valence-electron chi connectivity index (χ3n) is 7.28. The Balaban J connectivity index is 2.04. The molecule has 234 valence electrons. The molecule has 0 heterocycles. The van der Waals surface area contributed by atoms with E-state index in [1.165, 1.54) is 0 Å². The van der Waals surface area contributed by atoms with Crippen molar-refractivity contribution in [3.8, 4) is 11.5 Å². The van der Waals surface area contributed by atoms with Crippen LogP contribution in [0.4, 0.5) is 0 Å². The van der Waals surface area contributed by atoms with Gasteiger partial charge >= 0.3 is 18.4 Å². The highest BCUT2D eigenvalue weighted by Crippen LogP contribution is 2.35. The van der Waals surface area contributed by atoms with E-state index in [0.717, 1.165) is 59.1 Å². The van der Waals surface area contributed by atoms with Gasteiger partial charge in [0.1, 0.15) is 11.5 Å². The molecule has 0 aromatic heterocycles. The molecule has 7 heteroatoms. The van der Waals surface area contributed by atoms with Crippen molar-refractivity contribution < 1.29 is 34.0 Å². The molecule has 0 aliphatic heterocycles. The molecule has 2 rings (SSSR count). The first kappa shape index (κ1) is 35.1. The van der Waals surface area contributed by atoms with Gasteiger partial charge in [-0.3, -0.25) is 9.59 Å². The van der Waals surface area contributed by atoms with Crippen LogP contribution in [-0.4, -0.2) is 35.2 Å². The summed E-state index contributed by atoms with van der Waals surface area (Å²) in [7, 11) is 0. The topological polar surface area (TPSA) is 102 Å². The molecule has 42 heavy (non-hydrogen) atoms. The van der Waals surface area contributed by atoms with E-state index in [1.807, 2.05) is 79.7 Å². The Morgan fingerprint density at radius 3 is 1.52 bits per heavy atom. The Kier molecular flexibility index (Phi) is 12.9. The fourth-order valence-electron chi connectivity index (χ4n) is 4.77. The number of rotatable bonds is 14.